The Morgan fingerprint density at radius 3 is 2.76 bits per heavy atom. The highest BCUT2D eigenvalue weighted by atomic mass is 79.9. The lowest BCUT2D eigenvalue weighted by Crippen LogP contribution is -2.15. The Morgan fingerprint density at radius 2 is 2.16 bits per heavy atom. The van der Waals surface area contributed by atoms with Gasteiger partial charge in [0.1, 0.15) is 18.7 Å². The van der Waals surface area contributed by atoms with E-state index < -0.39 is 7.14 Å². The van der Waals surface area contributed by atoms with Crippen LogP contribution in [0.15, 0.2) is 34.0 Å². The van der Waals surface area contributed by atoms with Gasteiger partial charge >= 0.3 is 0 Å². The van der Waals surface area contributed by atoms with Crippen LogP contribution in [0.5, 0.6) is 0 Å². The maximum atomic E-state index is 12.8. The zero-order valence-electron chi connectivity index (χ0n) is 13.8. The van der Waals surface area contributed by atoms with Gasteiger partial charge in [-0.25, -0.2) is 4.98 Å². The summed E-state index contributed by atoms with van der Waals surface area (Å²) in [5.41, 5.74) is 4.43. The van der Waals surface area contributed by atoms with Crippen LogP contribution in [0.1, 0.15) is 5.56 Å². The first-order valence-corrected chi connectivity index (χ1v) is 10.9. The van der Waals surface area contributed by atoms with E-state index >= 15 is 0 Å². The molecule has 3 N–H and O–H groups in total. The highest BCUT2D eigenvalue weighted by molar-refractivity contribution is 9.10. The number of aromatic nitrogens is 2. The van der Waals surface area contributed by atoms with Gasteiger partial charge in [0.2, 0.25) is 5.28 Å². The third-order valence-electron chi connectivity index (χ3n) is 3.21. The van der Waals surface area contributed by atoms with E-state index in [-0.39, 0.29) is 5.28 Å². The van der Waals surface area contributed by atoms with Crippen LogP contribution < -0.4 is 16.0 Å². The molecule has 0 radical (unpaired) electrons. The topological polar surface area (TPSA) is 103 Å². The molecule has 1 aromatic carbocycles. The largest absolute Gasteiger partial charge is 0.339 e. The molecule has 0 fully saturated rings. The highest BCUT2D eigenvalue weighted by Gasteiger charge is 2.19. The number of hydrazone groups is 1. The second-order valence-electron chi connectivity index (χ2n) is 5.41. The average Bonchev–Trinajstić information content (AvgIpc) is 2.55. The fourth-order valence-corrected chi connectivity index (χ4v) is 3.69. The fourth-order valence-electron chi connectivity index (χ4n) is 2.10. The van der Waals surface area contributed by atoms with Crippen molar-refractivity contribution in [2.24, 2.45) is 5.10 Å². The monoisotopic (exact) mass is 442 g/mol. The van der Waals surface area contributed by atoms with Gasteiger partial charge in [-0.1, -0.05) is 6.07 Å². The minimum atomic E-state index is -2.62. The molecule has 1 aromatic heterocycles. The smallest absolute Gasteiger partial charge is 0.224 e. The minimum absolute atomic E-state index is 0.104. The maximum Gasteiger partial charge on any atom is 0.224 e. The van der Waals surface area contributed by atoms with Crippen molar-refractivity contribution >= 4 is 63.4 Å². The number of nitrogens with one attached hydrogen (secondary N) is 3. The van der Waals surface area contributed by atoms with Crippen LogP contribution in [-0.2, 0) is 4.57 Å². The van der Waals surface area contributed by atoms with Crippen molar-refractivity contribution in [3.05, 3.63) is 39.7 Å². The summed E-state index contributed by atoms with van der Waals surface area (Å²) < 4.78 is 13.4. The first-order valence-electron chi connectivity index (χ1n) is 7.16. The molecule has 2 aromatic rings. The molecule has 0 aliphatic heterocycles. The van der Waals surface area contributed by atoms with Gasteiger partial charge in [0, 0.05) is 30.3 Å². The predicted molar refractivity (Wildman–Crippen MR) is 108 cm³/mol. The number of hydrogen-bond donors (Lipinski definition) is 3. The standard InChI is InChI=1S/C15H17BrClN6OP/c1-19-23-12(7-18)9-4-5-11(13(6-9)25(2,3)24)21-14-10(16)8-20-15(17)22-14/h4-8,18-19H,1-3H3,(H,20,21,22)/b18-7?,23-12+. The Hall–Kier alpha value is -1.76. The molecule has 0 spiro atoms. The van der Waals surface area contributed by atoms with Crippen molar-refractivity contribution in [2.75, 3.05) is 25.7 Å². The number of nitrogens with zero attached hydrogens (tertiary/aromatic N) is 3. The van der Waals surface area contributed by atoms with Crippen molar-refractivity contribution in [2.45, 2.75) is 0 Å². The molecule has 0 saturated heterocycles. The third-order valence-corrected chi connectivity index (χ3v) is 5.50. The summed E-state index contributed by atoms with van der Waals surface area (Å²) in [6, 6.07) is 5.34. The van der Waals surface area contributed by atoms with Crippen LogP contribution in [0.25, 0.3) is 0 Å². The van der Waals surface area contributed by atoms with E-state index in [2.05, 4.69) is 41.7 Å². The van der Waals surface area contributed by atoms with Crippen LogP contribution >= 0.6 is 34.7 Å². The van der Waals surface area contributed by atoms with Gasteiger partial charge in [0.05, 0.1) is 10.2 Å². The Labute approximate surface area is 159 Å². The fraction of sp³-hybridized carbons (Fsp3) is 0.200. The molecule has 7 nitrogen and oxygen atoms in total. The second-order valence-corrected chi connectivity index (χ2v) is 9.78. The Morgan fingerprint density at radius 1 is 1.44 bits per heavy atom. The van der Waals surface area contributed by atoms with E-state index in [1.807, 2.05) is 0 Å². The summed E-state index contributed by atoms with van der Waals surface area (Å²) in [5, 5.41) is 15.4. The molecule has 0 aliphatic carbocycles. The summed E-state index contributed by atoms with van der Waals surface area (Å²) in [6.07, 6.45) is 2.68. The van der Waals surface area contributed by atoms with Crippen molar-refractivity contribution in [1.29, 1.82) is 5.41 Å². The summed E-state index contributed by atoms with van der Waals surface area (Å²) in [7, 11) is -0.966. The molecule has 2 rings (SSSR count). The first kappa shape index (κ1) is 19.6. The van der Waals surface area contributed by atoms with Crippen LogP contribution in [0.4, 0.5) is 11.5 Å². The number of halogens is 2. The van der Waals surface area contributed by atoms with Gasteiger partial charge < -0.3 is 20.7 Å². The van der Waals surface area contributed by atoms with Gasteiger partial charge in [0.25, 0.3) is 0 Å². The van der Waals surface area contributed by atoms with E-state index in [1.54, 1.807) is 38.6 Å². The second kappa shape index (κ2) is 8.08. The summed E-state index contributed by atoms with van der Waals surface area (Å²) >= 11 is 9.21. The number of anilines is 2. The Balaban J connectivity index is 2.55. The number of hydrogen-bond acceptors (Lipinski definition) is 7. The van der Waals surface area contributed by atoms with E-state index in [0.29, 0.717) is 32.6 Å². The normalized spacial score (nSPS) is 12.0. The summed E-state index contributed by atoms with van der Waals surface area (Å²) in [6.45, 7) is 3.36. The zero-order chi connectivity index (χ0) is 18.6. The van der Waals surface area contributed by atoms with E-state index in [0.717, 1.165) is 6.21 Å². The van der Waals surface area contributed by atoms with Crippen LogP contribution in [0, 0.1) is 5.41 Å². The zero-order valence-corrected chi connectivity index (χ0v) is 17.1. The molecule has 132 valence electrons. The van der Waals surface area contributed by atoms with E-state index in [9.17, 15) is 4.57 Å². The molecule has 0 aliphatic rings. The van der Waals surface area contributed by atoms with Gasteiger partial charge in [-0.15, -0.1) is 0 Å². The van der Waals surface area contributed by atoms with Gasteiger partial charge in [-0.05, 0) is 53.0 Å². The Bertz CT molecular complexity index is 882. The van der Waals surface area contributed by atoms with Crippen molar-refractivity contribution in [3.8, 4) is 0 Å². The molecule has 10 heteroatoms. The van der Waals surface area contributed by atoms with Crippen molar-refractivity contribution < 1.29 is 4.57 Å². The Kier molecular flexibility index (Phi) is 6.32. The first-order chi connectivity index (χ1) is 11.8. The molecule has 0 bridgehead atoms. The molecule has 0 atom stereocenters. The summed E-state index contributed by atoms with van der Waals surface area (Å²) in [4.78, 5) is 8.02. The lowest BCUT2D eigenvalue weighted by atomic mass is 10.1. The van der Waals surface area contributed by atoms with Crippen LogP contribution in [-0.4, -0.2) is 42.3 Å². The van der Waals surface area contributed by atoms with Crippen molar-refractivity contribution in [3.63, 3.8) is 0 Å². The maximum absolute atomic E-state index is 12.8. The van der Waals surface area contributed by atoms with E-state index in [1.165, 1.54) is 6.20 Å². The quantitative estimate of drug-likeness (QED) is 0.275. The predicted octanol–water partition coefficient (Wildman–Crippen LogP) is 3.46. The number of rotatable bonds is 6. The average molecular weight is 444 g/mol. The van der Waals surface area contributed by atoms with Gasteiger partial charge in [-0.3, -0.25) is 0 Å². The molecule has 1 heterocycles. The molecular weight excluding hydrogens is 427 g/mol. The minimum Gasteiger partial charge on any atom is -0.339 e. The molecule has 0 unspecified atom stereocenters. The molecular formula is C15H17BrClN6OP. The molecule has 25 heavy (non-hydrogen) atoms. The molecule has 0 saturated carbocycles. The van der Waals surface area contributed by atoms with Crippen LogP contribution in [0.3, 0.4) is 0 Å². The molecule has 0 amide bonds. The van der Waals surface area contributed by atoms with Crippen LogP contribution in [0.2, 0.25) is 5.28 Å². The van der Waals surface area contributed by atoms with Gasteiger partial charge in [-0.2, -0.15) is 10.1 Å². The SMILES string of the molecule is CN/N=C(\C=N)c1ccc(Nc2nc(Cl)ncc2Br)c(P(C)(C)=O)c1. The third kappa shape index (κ3) is 4.87. The lowest BCUT2D eigenvalue weighted by Gasteiger charge is -2.17. The highest BCUT2D eigenvalue weighted by Crippen LogP contribution is 2.39. The van der Waals surface area contributed by atoms with E-state index in [4.69, 9.17) is 17.0 Å². The lowest BCUT2D eigenvalue weighted by molar-refractivity contribution is 0.588. The van der Waals surface area contributed by atoms with Gasteiger partial charge in [0.15, 0.2) is 0 Å². The van der Waals surface area contributed by atoms with Crippen molar-refractivity contribution in [1.82, 2.24) is 15.4 Å². The summed E-state index contributed by atoms with van der Waals surface area (Å²) in [5.74, 6) is 0.471. The number of benzene rings is 1.